The number of sulfonamides is 1. The highest BCUT2D eigenvalue weighted by Gasteiger charge is 2.31. The molecule has 0 heterocycles. The van der Waals surface area contributed by atoms with E-state index >= 15 is 0 Å². The normalized spacial score (nSPS) is 11.9. The van der Waals surface area contributed by atoms with E-state index in [0.29, 0.717) is 11.1 Å². The molecule has 0 saturated carbocycles. The molecule has 5 nitrogen and oxygen atoms in total. The van der Waals surface area contributed by atoms with Crippen molar-refractivity contribution in [2.24, 2.45) is 0 Å². The van der Waals surface area contributed by atoms with E-state index < -0.39 is 34.2 Å². The summed E-state index contributed by atoms with van der Waals surface area (Å²) in [5.74, 6) is -0.864. The Hall–Kier alpha value is -1.97. The highest BCUT2D eigenvalue weighted by molar-refractivity contribution is 7.92. The van der Waals surface area contributed by atoms with Crippen LogP contribution in [-0.4, -0.2) is 27.1 Å². The Balaban J connectivity index is 2.25. The molecule has 0 bridgehead atoms. The number of alkyl halides is 3. The minimum Gasteiger partial charge on any atom is -0.323 e. The third-order valence-corrected chi connectivity index (χ3v) is 5.09. The van der Waals surface area contributed by atoms with Crippen LogP contribution < -0.4 is 9.62 Å². The lowest BCUT2D eigenvalue weighted by atomic mass is 10.2. The molecular weight excluding hydrogens is 428 g/mol. The minimum absolute atomic E-state index is 0.117. The first kappa shape index (κ1) is 21.3. The summed E-state index contributed by atoms with van der Waals surface area (Å²) >= 11 is 11.6. The van der Waals surface area contributed by atoms with E-state index in [9.17, 15) is 26.4 Å². The zero-order valence-corrected chi connectivity index (χ0v) is 16.0. The molecule has 11 heteroatoms. The molecule has 0 spiro atoms. The standard InChI is InChI=1S/C16H13Cl2F3N2O3S/c1-27(25,26)23(12-5-3-11(17)4-6-12)9-15(24)22-14-8-10(16(19,20)21)2-7-13(14)18/h2-8H,9H2,1H3,(H,22,24). The SMILES string of the molecule is CS(=O)(=O)N(CC(=O)Nc1cc(C(F)(F)F)ccc1Cl)c1ccc(Cl)cc1. The zero-order valence-electron chi connectivity index (χ0n) is 13.7. The third kappa shape index (κ3) is 5.75. The van der Waals surface area contributed by atoms with E-state index in [1.165, 1.54) is 24.3 Å². The molecule has 0 aromatic heterocycles. The first-order valence-electron chi connectivity index (χ1n) is 7.28. The van der Waals surface area contributed by atoms with Crippen LogP contribution in [0.25, 0.3) is 0 Å². The molecular formula is C16H13Cl2F3N2O3S. The molecule has 2 aromatic carbocycles. The minimum atomic E-state index is -4.62. The van der Waals surface area contributed by atoms with Crippen molar-refractivity contribution in [1.29, 1.82) is 0 Å². The fourth-order valence-electron chi connectivity index (χ4n) is 2.12. The van der Waals surface area contributed by atoms with Gasteiger partial charge >= 0.3 is 6.18 Å². The van der Waals surface area contributed by atoms with Crippen molar-refractivity contribution in [3.05, 3.63) is 58.1 Å². The summed E-state index contributed by atoms with van der Waals surface area (Å²) < 4.78 is 63.2. The lowest BCUT2D eigenvalue weighted by molar-refractivity contribution is -0.137. The van der Waals surface area contributed by atoms with Gasteiger partial charge in [-0.05, 0) is 42.5 Å². The van der Waals surface area contributed by atoms with Gasteiger partial charge in [0, 0.05) is 5.02 Å². The van der Waals surface area contributed by atoms with Crippen LogP contribution in [0.4, 0.5) is 24.5 Å². The third-order valence-electron chi connectivity index (χ3n) is 3.37. The quantitative estimate of drug-likeness (QED) is 0.748. The van der Waals surface area contributed by atoms with Crippen molar-refractivity contribution in [3.8, 4) is 0 Å². The van der Waals surface area contributed by atoms with E-state index in [-0.39, 0.29) is 16.4 Å². The first-order valence-corrected chi connectivity index (χ1v) is 9.88. The smallest absolute Gasteiger partial charge is 0.323 e. The van der Waals surface area contributed by atoms with Gasteiger partial charge in [-0.25, -0.2) is 8.42 Å². The van der Waals surface area contributed by atoms with Crippen molar-refractivity contribution < 1.29 is 26.4 Å². The number of rotatable bonds is 5. The van der Waals surface area contributed by atoms with Crippen LogP contribution in [0.1, 0.15) is 5.56 Å². The second-order valence-corrected chi connectivity index (χ2v) is 8.24. The molecule has 2 rings (SSSR count). The summed E-state index contributed by atoms with van der Waals surface area (Å²) in [4.78, 5) is 12.2. The van der Waals surface area contributed by atoms with Crippen LogP contribution in [0.3, 0.4) is 0 Å². The molecule has 0 unspecified atom stereocenters. The molecule has 0 atom stereocenters. The number of carbonyl (C=O) groups is 1. The molecule has 1 amide bonds. The number of nitrogens with zero attached hydrogens (tertiary/aromatic N) is 1. The fourth-order valence-corrected chi connectivity index (χ4v) is 3.27. The Labute approximate surface area is 163 Å². The Morgan fingerprint density at radius 3 is 2.22 bits per heavy atom. The second kappa shape index (κ2) is 7.95. The lowest BCUT2D eigenvalue weighted by Crippen LogP contribution is -2.37. The molecule has 0 aliphatic heterocycles. The zero-order chi connectivity index (χ0) is 20.4. The number of nitrogens with one attached hydrogen (secondary N) is 1. The summed E-state index contributed by atoms with van der Waals surface area (Å²) in [7, 11) is -3.84. The second-order valence-electron chi connectivity index (χ2n) is 5.49. The van der Waals surface area contributed by atoms with E-state index in [1.54, 1.807) is 0 Å². The van der Waals surface area contributed by atoms with Gasteiger partial charge in [-0.1, -0.05) is 23.2 Å². The first-order chi connectivity index (χ1) is 12.4. The van der Waals surface area contributed by atoms with E-state index in [4.69, 9.17) is 23.2 Å². The van der Waals surface area contributed by atoms with Crippen LogP contribution in [-0.2, 0) is 21.0 Å². The number of hydrogen-bond donors (Lipinski definition) is 1. The van der Waals surface area contributed by atoms with Gasteiger partial charge in [-0.3, -0.25) is 9.10 Å². The molecule has 27 heavy (non-hydrogen) atoms. The predicted octanol–water partition coefficient (Wildman–Crippen LogP) is 4.42. The fraction of sp³-hybridized carbons (Fsp3) is 0.188. The topological polar surface area (TPSA) is 66.5 Å². The number of hydrogen-bond acceptors (Lipinski definition) is 3. The van der Waals surface area contributed by atoms with Crippen LogP contribution in [0, 0.1) is 0 Å². The van der Waals surface area contributed by atoms with E-state index in [0.717, 1.165) is 22.7 Å². The Kier molecular flexibility index (Phi) is 6.28. The molecule has 0 aliphatic rings. The van der Waals surface area contributed by atoms with Crippen LogP contribution >= 0.6 is 23.2 Å². The molecule has 1 N–H and O–H groups in total. The molecule has 2 aromatic rings. The maximum absolute atomic E-state index is 12.8. The predicted molar refractivity (Wildman–Crippen MR) is 98.7 cm³/mol. The van der Waals surface area contributed by atoms with Gasteiger partial charge in [0.25, 0.3) is 0 Å². The van der Waals surface area contributed by atoms with Gasteiger partial charge in [-0.15, -0.1) is 0 Å². The maximum atomic E-state index is 12.8. The average Bonchev–Trinajstić information content (AvgIpc) is 2.53. The van der Waals surface area contributed by atoms with Gasteiger partial charge < -0.3 is 5.32 Å². The lowest BCUT2D eigenvalue weighted by Gasteiger charge is -2.22. The number of benzene rings is 2. The Morgan fingerprint density at radius 2 is 1.70 bits per heavy atom. The highest BCUT2D eigenvalue weighted by Crippen LogP contribution is 2.33. The van der Waals surface area contributed by atoms with Gasteiger partial charge in [0.05, 0.1) is 28.2 Å². The summed E-state index contributed by atoms with van der Waals surface area (Å²) in [5, 5.41) is 2.45. The van der Waals surface area contributed by atoms with Gasteiger partial charge in [-0.2, -0.15) is 13.2 Å². The van der Waals surface area contributed by atoms with Crippen LogP contribution in [0.15, 0.2) is 42.5 Å². The van der Waals surface area contributed by atoms with Crippen molar-refractivity contribution in [1.82, 2.24) is 0 Å². The number of anilines is 2. The van der Waals surface area contributed by atoms with Crippen LogP contribution in [0.5, 0.6) is 0 Å². The van der Waals surface area contributed by atoms with Crippen LogP contribution in [0.2, 0.25) is 10.0 Å². The molecule has 0 saturated heterocycles. The van der Waals surface area contributed by atoms with Crippen molar-refractivity contribution in [3.63, 3.8) is 0 Å². The van der Waals surface area contributed by atoms with Crippen molar-refractivity contribution in [2.45, 2.75) is 6.18 Å². The van der Waals surface area contributed by atoms with Gasteiger partial charge in [0.1, 0.15) is 6.54 Å². The van der Waals surface area contributed by atoms with Crippen molar-refractivity contribution >= 4 is 50.5 Å². The molecule has 146 valence electrons. The summed E-state index contributed by atoms with van der Waals surface area (Å²) in [5.41, 5.74) is -1.10. The summed E-state index contributed by atoms with van der Waals surface area (Å²) in [6.07, 6.45) is -3.72. The summed E-state index contributed by atoms with van der Waals surface area (Å²) in [6.45, 7) is -0.660. The molecule has 0 aliphatic carbocycles. The van der Waals surface area contributed by atoms with Gasteiger partial charge in [0.15, 0.2) is 0 Å². The van der Waals surface area contributed by atoms with E-state index in [1.807, 2.05) is 0 Å². The van der Waals surface area contributed by atoms with Gasteiger partial charge in [0.2, 0.25) is 15.9 Å². The monoisotopic (exact) mass is 440 g/mol. The Morgan fingerprint density at radius 1 is 1.11 bits per heavy atom. The van der Waals surface area contributed by atoms with Crippen molar-refractivity contribution in [2.75, 3.05) is 22.4 Å². The van der Waals surface area contributed by atoms with E-state index in [2.05, 4.69) is 5.32 Å². The Bertz CT molecular complexity index is 948. The number of carbonyl (C=O) groups excluding carboxylic acids is 1. The largest absolute Gasteiger partial charge is 0.416 e. The number of amides is 1. The number of halogens is 5. The highest BCUT2D eigenvalue weighted by atomic mass is 35.5. The molecule has 0 fully saturated rings. The average molecular weight is 441 g/mol. The summed E-state index contributed by atoms with van der Waals surface area (Å²) in [6, 6.07) is 8.12. The molecule has 0 radical (unpaired) electrons. The maximum Gasteiger partial charge on any atom is 0.416 e.